The first-order valence-corrected chi connectivity index (χ1v) is 38.1. The number of piperazine rings is 1. The van der Waals surface area contributed by atoms with Crippen molar-refractivity contribution in [2.45, 2.75) is 148 Å². The van der Waals surface area contributed by atoms with Crippen LogP contribution in [0.15, 0.2) is 132 Å². The first-order valence-electron chi connectivity index (χ1n) is 38.1. The highest BCUT2D eigenvalue weighted by molar-refractivity contribution is 6.25. The van der Waals surface area contributed by atoms with Crippen LogP contribution in [0.5, 0.6) is 0 Å². The SMILES string of the molecule is Cc1c(NC(=O)c2ccc(C(C)(C)C)cc2)cccc1-c1cn(C)c(=O)c(Nc2ccc(C(=O)N3CCN(CCCCCCNC(=O)CN(CCCCNCC4CCC(n5cc6cc(NC(=O)c7cccc(C(F)(F)F)n7)c(C(C)(C)O)cc6n5)CC4)c4cccc5c4C(=O)N(C4CCC(=O)NC4=O)C5=O)CC3)cc2)n1. The predicted octanol–water partition coefficient (Wildman–Crippen LogP) is 11.4. The van der Waals surface area contributed by atoms with E-state index in [-0.39, 0.29) is 76.8 Å². The summed E-state index contributed by atoms with van der Waals surface area (Å²) in [6, 6.07) is 30.4. The number of nitrogens with one attached hydrogen (secondary N) is 6. The van der Waals surface area contributed by atoms with E-state index in [1.54, 1.807) is 75.6 Å². The summed E-state index contributed by atoms with van der Waals surface area (Å²) < 4.78 is 43.6. The average molecular weight is 1520 g/mol. The van der Waals surface area contributed by atoms with Crippen molar-refractivity contribution >= 4 is 86.7 Å². The number of pyridine rings is 1. The number of benzene rings is 5. The Morgan fingerprint density at radius 2 is 1.38 bits per heavy atom. The number of aliphatic hydroxyl groups is 1. The summed E-state index contributed by atoms with van der Waals surface area (Å²) >= 11 is 0. The Kier molecular flexibility index (Phi) is 24.5. The summed E-state index contributed by atoms with van der Waals surface area (Å²) in [6.07, 6.45) is 7.14. The fraction of sp³-hybridized carbons (Fsp3) is 0.422. The Balaban J connectivity index is 0.579. The molecule has 8 amide bonds. The van der Waals surface area contributed by atoms with Gasteiger partial charge in [0.25, 0.3) is 35.1 Å². The van der Waals surface area contributed by atoms with E-state index in [1.165, 1.54) is 16.7 Å². The van der Waals surface area contributed by atoms with Crippen LogP contribution < -0.4 is 42.4 Å². The van der Waals surface area contributed by atoms with Gasteiger partial charge in [-0.1, -0.05) is 70.0 Å². The number of aromatic nitrogens is 5. The zero-order valence-corrected chi connectivity index (χ0v) is 63.7. The minimum atomic E-state index is -4.74. The van der Waals surface area contributed by atoms with E-state index in [0.29, 0.717) is 95.4 Å². The van der Waals surface area contributed by atoms with E-state index in [0.717, 1.165) is 118 Å². The van der Waals surface area contributed by atoms with Crippen molar-refractivity contribution in [3.8, 4) is 11.3 Å². The first kappa shape index (κ1) is 79.6. The monoisotopic (exact) mass is 1520 g/mol. The third kappa shape index (κ3) is 19.1. The molecule has 25 nitrogen and oxygen atoms in total. The Hall–Kier alpha value is -11.0. The lowest BCUT2D eigenvalue weighted by atomic mass is 9.86. The number of halogens is 3. The number of nitrogens with zero attached hydrogens (tertiary/aromatic N) is 9. The number of piperidine rings is 1. The largest absolute Gasteiger partial charge is 0.433 e. The predicted molar refractivity (Wildman–Crippen MR) is 417 cm³/mol. The smallest absolute Gasteiger partial charge is 0.386 e. The van der Waals surface area contributed by atoms with Gasteiger partial charge in [-0.05, 0) is 200 Å². The van der Waals surface area contributed by atoms with Gasteiger partial charge in [-0.3, -0.25) is 62.9 Å². The molecular formula is C83H96F3N15O10. The third-order valence-corrected chi connectivity index (χ3v) is 21.3. The Morgan fingerprint density at radius 3 is 2.09 bits per heavy atom. The molecule has 28 heteroatoms. The summed E-state index contributed by atoms with van der Waals surface area (Å²) in [7, 11) is 1.66. The van der Waals surface area contributed by atoms with Gasteiger partial charge < -0.3 is 46.1 Å². The maximum absolute atomic E-state index is 14.3. The summed E-state index contributed by atoms with van der Waals surface area (Å²) in [5.74, 6) is -3.43. The number of rotatable bonds is 28. The standard InChI is InChI=1S/C83H96F3N15O10/c1-51-59(17-14-19-62(51)92-74(104)53-25-29-56(30-26-53)81(2,3)4)66-49-96(7)80(110)73(91-66)89-57-31-27-54(28-32-57)77(107)98-43-41-97(42-44-98)39-12-9-8-10-38-88-71(103)50-99(67-21-15-18-60-72(67)79(109)101(78(60)108)68-35-36-70(102)94-76(68)106)40-13-11-37-87-47-52-23-33-58(34-24-52)100-48-55-45-65(61(82(5,6)111)46-64(55)95-100)93-75(105)63-20-16-22-69(90-63)83(84,85)86/h14-22,25-32,45-46,48-49,52,58,68,87,111H,8-13,23-24,33-44,47,50H2,1-7H3,(H,88,103)(H,89,91)(H,92,104)(H,93,105)(H,94,102,106). The normalized spacial score (nSPS) is 17.1. The van der Waals surface area contributed by atoms with Gasteiger partial charge in [0.2, 0.25) is 17.7 Å². The van der Waals surface area contributed by atoms with Crippen LogP contribution in [0.3, 0.4) is 0 Å². The fourth-order valence-corrected chi connectivity index (χ4v) is 15.0. The van der Waals surface area contributed by atoms with Gasteiger partial charge >= 0.3 is 6.18 Å². The lowest BCUT2D eigenvalue weighted by Gasteiger charge is -2.34. The molecule has 0 bridgehead atoms. The number of hydrogen-bond acceptors (Lipinski definition) is 17. The number of aryl methyl sites for hydroxylation is 1. The highest BCUT2D eigenvalue weighted by Gasteiger charge is 2.46. The second-order valence-corrected chi connectivity index (χ2v) is 30.9. The molecule has 1 aliphatic carbocycles. The second kappa shape index (κ2) is 34.1. The molecule has 7 N–H and O–H groups in total. The summed E-state index contributed by atoms with van der Waals surface area (Å²) in [5, 5.41) is 34.5. The Labute approximate surface area is 642 Å². The molecule has 12 rings (SSSR count). The highest BCUT2D eigenvalue weighted by Crippen LogP contribution is 2.39. The van der Waals surface area contributed by atoms with Crippen molar-refractivity contribution in [2.24, 2.45) is 13.0 Å². The molecule has 111 heavy (non-hydrogen) atoms. The molecule has 3 fully saturated rings. The molecule has 5 aromatic carbocycles. The van der Waals surface area contributed by atoms with Gasteiger partial charge in [-0.2, -0.15) is 18.3 Å². The van der Waals surface area contributed by atoms with Gasteiger partial charge in [-0.15, -0.1) is 0 Å². The zero-order chi connectivity index (χ0) is 79.1. The first-order chi connectivity index (χ1) is 52.9. The zero-order valence-electron chi connectivity index (χ0n) is 63.7. The molecule has 1 atom stereocenters. The van der Waals surface area contributed by atoms with Crippen molar-refractivity contribution in [1.82, 2.24) is 55.0 Å². The van der Waals surface area contributed by atoms with Gasteiger partial charge in [0.1, 0.15) is 17.4 Å². The van der Waals surface area contributed by atoms with Crippen LogP contribution in [0.2, 0.25) is 0 Å². The summed E-state index contributed by atoms with van der Waals surface area (Å²) in [4.78, 5) is 136. The lowest BCUT2D eigenvalue weighted by molar-refractivity contribution is -0.141. The van der Waals surface area contributed by atoms with Crippen LogP contribution in [0.4, 0.5) is 41.7 Å². The maximum Gasteiger partial charge on any atom is 0.433 e. The van der Waals surface area contributed by atoms with Crippen molar-refractivity contribution < 1.29 is 56.6 Å². The fourth-order valence-electron chi connectivity index (χ4n) is 15.0. The molecule has 4 aliphatic rings. The number of carbonyl (C=O) groups excluding carboxylic acids is 8. The number of imide groups is 2. The van der Waals surface area contributed by atoms with Crippen LogP contribution in [0.25, 0.3) is 22.2 Å². The van der Waals surface area contributed by atoms with Crippen molar-refractivity contribution in [1.29, 1.82) is 0 Å². The molecule has 8 aromatic rings. The number of unbranched alkanes of at least 4 members (excludes halogenated alkanes) is 4. The molecule has 3 aromatic heterocycles. The minimum absolute atomic E-state index is 0.00283. The summed E-state index contributed by atoms with van der Waals surface area (Å²) in [6.45, 7) is 17.0. The van der Waals surface area contributed by atoms with Crippen LogP contribution in [0.1, 0.15) is 192 Å². The van der Waals surface area contributed by atoms with E-state index in [9.17, 15) is 61.4 Å². The van der Waals surface area contributed by atoms with E-state index >= 15 is 0 Å². The van der Waals surface area contributed by atoms with Crippen LogP contribution in [0, 0.1) is 12.8 Å². The molecule has 0 spiro atoms. The molecule has 2 saturated heterocycles. The van der Waals surface area contributed by atoms with Crippen molar-refractivity contribution in [2.75, 3.05) is 86.3 Å². The van der Waals surface area contributed by atoms with E-state index in [2.05, 4.69) is 62.6 Å². The van der Waals surface area contributed by atoms with Gasteiger partial charge in [0.15, 0.2) is 5.82 Å². The van der Waals surface area contributed by atoms with Crippen molar-refractivity contribution in [3.63, 3.8) is 0 Å². The number of anilines is 5. The van der Waals surface area contributed by atoms with Crippen LogP contribution in [-0.2, 0) is 38.6 Å². The maximum atomic E-state index is 14.3. The third-order valence-electron chi connectivity index (χ3n) is 21.3. The molecule has 3 aliphatic heterocycles. The number of fused-ring (bicyclic) bond motifs is 2. The molecule has 6 heterocycles. The van der Waals surface area contributed by atoms with Gasteiger partial charge in [0.05, 0.1) is 46.2 Å². The average Bonchev–Trinajstić information content (AvgIpc) is 1.62. The second-order valence-electron chi connectivity index (χ2n) is 30.9. The molecular weight excluding hydrogens is 1420 g/mol. The van der Waals surface area contributed by atoms with Gasteiger partial charge in [-0.25, -0.2) is 9.97 Å². The van der Waals surface area contributed by atoms with E-state index < -0.39 is 58.7 Å². The number of amides is 8. The minimum Gasteiger partial charge on any atom is -0.386 e. The van der Waals surface area contributed by atoms with Crippen LogP contribution in [-0.4, -0.2) is 163 Å². The number of hydrogen-bond donors (Lipinski definition) is 7. The lowest BCUT2D eigenvalue weighted by Crippen LogP contribution is -2.54. The number of alkyl halides is 3. The topological polar surface area (TPSA) is 308 Å². The van der Waals surface area contributed by atoms with Crippen LogP contribution >= 0.6 is 0 Å². The van der Waals surface area contributed by atoms with E-state index in [4.69, 9.17) is 10.1 Å². The Morgan fingerprint density at radius 1 is 0.694 bits per heavy atom. The Bertz CT molecular complexity index is 4880. The molecule has 1 saturated carbocycles. The highest BCUT2D eigenvalue weighted by atomic mass is 19.4. The molecule has 1 unspecified atom stereocenters. The van der Waals surface area contributed by atoms with Gasteiger partial charge in [0, 0.05) is 110 Å². The number of carbonyl (C=O) groups is 8. The molecule has 584 valence electrons. The van der Waals surface area contributed by atoms with E-state index in [1.807, 2.05) is 70.1 Å². The van der Waals surface area contributed by atoms with Crippen molar-refractivity contribution in [3.05, 3.63) is 188 Å². The quantitative estimate of drug-likeness (QED) is 0.0177. The molecule has 0 radical (unpaired) electrons. The summed E-state index contributed by atoms with van der Waals surface area (Å²) in [5.41, 5.74) is 3.77.